The van der Waals surface area contributed by atoms with E-state index < -0.39 is 46.8 Å². The first-order valence-corrected chi connectivity index (χ1v) is 41.4. The van der Waals surface area contributed by atoms with Crippen molar-refractivity contribution in [3.8, 4) is 17.6 Å². The number of anilines is 4. The van der Waals surface area contributed by atoms with Crippen LogP contribution in [0.5, 0.6) is 17.6 Å². The van der Waals surface area contributed by atoms with Crippen LogP contribution in [0.15, 0.2) is 182 Å². The van der Waals surface area contributed by atoms with E-state index in [0.717, 1.165) is 149 Å². The number of aromatic nitrogens is 7. The minimum Gasteiger partial charge on any atom is -0.481 e. The van der Waals surface area contributed by atoms with Gasteiger partial charge in [-0.15, -0.1) is 0 Å². The van der Waals surface area contributed by atoms with Crippen LogP contribution in [-0.4, -0.2) is 101 Å². The van der Waals surface area contributed by atoms with Gasteiger partial charge in [0, 0.05) is 152 Å². The van der Waals surface area contributed by atoms with Crippen LogP contribution in [0.25, 0.3) is 0 Å². The predicted molar refractivity (Wildman–Crippen MR) is 473 cm³/mol. The second-order valence-electron chi connectivity index (χ2n) is 31.3. The Bertz CT molecular complexity index is 5930. The topological polar surface area (TPSA) is 271 Å². The summed E-state index contributed by atoms with van der Waals surface area (Å²) in [4.78, 5) is 115. The standard InChI is InChI=1S/C26H28ClN3O3.C25H25ClN2O2.C24H24ClN3O3.C21H20FN3O3/c1-16-23(24(31)25(32)29-19-10-12-28-22(13-19)33-4)20-14-26(2,3)11-9-21(20)30(16)15-17-5-7-18(27)8-6-17;1-16-6-5-7-20(14-16)27-25(30)24(29)23-17(2)28(22-9-4-3-8-21(22)23)15-18-10-12-19(26)13-11-18;1-15-22(23(29)24(30)27-18-11-12-26-21(13-18)31-2)19-5-3-4-6-20(19)28(15)14-16-7-9-17(25)10-8-16;1-13-10-18(14(2)25(13)12-15-4-6-16(22)7-5-15)20(26)21(27)24-17-8-9-23-19(11-17)28-3/h5-8,10,12-13H,9,11,14-15H2,1-4H3,(H,28,29,32);5-7,10-14H,3-4,8-9,15H2,1-2H3,(H,27,30);7-13H,3-6,14H2,1-2H3,(H,26,27,30);4-11H,12H2,1-3H3,(H,23,24,27). The molecule has 0 saturated heterocycles. The molecule has 12 aromatic rings. The molecule has 0 atom stereocenters. The van der Waals surface area contributed by atoms with Gasteiger partial charge >= 0.3 is 0 Å². The molecule has 7 heterocycles. The van der Waals surface area contributed by atoms with E-state index in [1.165, 1.54) is 63.8 Å². The Morgan fingerprint density at radius 3 is 1.11 bits per heavy atom. The van der Waals surface area contributed by atoms with Crippen LogP contribution in [0.4, 0.5) is 27.1 Å². The number of hydrogen-bond acceptors (Lipinski definition) is 14. The van der Waals surface area contributed by atoms with Gasteiger partial charge in [0.05, 0.1) is 38.0 Å². The Hall–Kier alpha value is -12.6. The van der Waals surface area contributed by atoms with Gasteiger partial charge in [-0.05, 0) is 247 Å². The second kappa shape index (κ2) is 39.8. The molecule has 630 valence electrons. The quantitative estimate of drug-likeness (QED) is 0.0343. The van der Waals surface area contributed by atoms with Crippen molar-refractivity contribution in [1.29, 1.82) is 0 Å². The lowest BCUT2D eigenvalue weighted by atomic mass is 9.75. The monoisotopic (exact) mass is 1700 g/mol. The first-order valence-electron chi connectivity index (χ1n) is 40.3. The molecule has 3 aliphatic rings. The minimum absolute atomic E-state index is 0.0653. The number of carbonyl (C=O) groups is 8. The maximum atomic E-state index is 13.4. The molecule has 0 aliphatic heterocycles. The Morgan fingerprint density at radius 2 is 0.730 bits per heavy atom. The molecule has 4 N–H and O–H groups in total. The highest BCUT2D eigenvalue weighted by Gasteiger charge is 2.37. The number of fused-ring (bicyclic) bond motifs is 3. The van der Waals surface area contributed by atoms with E-state index in [1.54, 1.807) is 61.5 Å². The summed E-state index contributed by atoms with van der Waals surface area (Å²) in [5.74, 6) is -4.00. The summed E-state index contributed by atoms with van der Waals surface area (Å²) in [6, 6.07) is 48.1. The number of ether oxygens (including phenoxy) is 3. The third-order valence-electron chi connectivity index (χ3n) is 22.3. The fourth-order valence-electron chi connectivity index (χ4n) is 16.0. The van der Waals surface area contributed by atoms with E-state index in [2.05, 4.69) is 63.8 Å². The van der Waals surface area contributed by atoms with Crippen molar-refractivity contribution < 1.29 is 57.0 Å². The fraction of sp³-hybridized carbons (Fsp3) is 0.281. The van der Waals surface area contributed by atoms with Crippen LogP contribution in [0.1, 0.15) is 177 Å². The average molecular weight is 1710 g/mol. The predicted octanol–water partition coefficient (Wildman–Crippen LogP) is 18.9. The van der Waals surface area contributed by atoms with Crippen molar-refractivity contribution in [2.24, 2.45) is 5.41 Å². The highest BCUT2D eigenvalue weighted by molar-refractivity contribution is 6.49. The molecule has 0 radical (unpaired) electrons. The van der Waals surface area contributed by atoms with Crippen LogP contribution in [0.3, 0.4) is 0 Å². The molecule has 122 heavy (non-hydrogen) atoms. The number of aryl methyl sites for hydroxylation is 2. The van der Waals surface area contributed by atoms with Gasteiger partial charge in [-0.1, -0.05) is 109 Å². The molecule has 26 heteroatoms. The third-order valence-corrected chi connectivity index (χ3v) is 23.1. The third kappa shape index (κ3) is 21.4. The Morgan fingerprint density at radius 1 is 0.393 bits per heavy atom. The minimum atomic E-state index is -0.740. The lowest BCUT2D eigenvalue weighted by molar-refractivity contribution is -0.113. The van der Waals surface area contributed by atoms with Crippen LogP contribution in [0, 0.1) is 52.8 Å². The molecular weight excluding hydrogens is 1610 g/mol. The fourth-order valence-corrected chi connectivity index (χ4v) is 16.4. The highest BCUT2D eigenvalue weighted by atomic mass is 35.5. The smallest absolute Gasteiger partial charge is 0.296 e. The number of carbonyl (C=O) groups excluding carboxylic acids is 8. The summed E-state index contributed by atoms with van der Waals surface area (Å²) in [7, 11) is 4.47. The van der Waals surface area contributed by atoms with E-state index in [1.807, 2.05) is 130 Å². The van der Waals surface area contributed by atoms with Crippen molar-refractivity contribution in [2.75, 3.05) is 42.6 Å². The van der Waals surface area contributed by atoms with E-state index in [-0.39, 0.29) is 11.2 Å². The van der Waals surface area contributed by atoms with Crippen LogP contribution >= 0.6 is 34.8 Å². The number of amides is 4. The van der Waals surface area contributed by atoms with Gasteiger partial charge in [0.25, 0.3) is 46.8 Å². The first kappa shape index (κ1) is 88.7. The van der Waals surface area contributed by atoms with Gasteiger partial charge in [-0.3, -0.25) is 38.4 Å². The number of nitrogens with one attached hydrogen (secondary N) is 4. The number of halogens is 4. The van der Waals surface area contributed by atoms with Gasteiger partial charge in [0.2, 0.25) is 17.6 Å². The molecule has 5 aromatic carbocycles. The average Bonchev–Trinajstić information content (AvgIpc) is 1.61. The summed E-state index contributed by atoms with van der Waals surface area (Å²) in [6.45, 7) is 18.2. The van der Waals surface area contributed by atoms with Gasteiger partial charge in [0.1, 0.15) is 5.82 Å². The van der Waals surface area contributed by atoms with E-state index >= 15 is 0 Å². The molecule has 0 spiro atoms. The second-order valence-corrected chi connectivity index (χ2v) is 32.6. The van der Waals surface area contributed by atoms with E-state index in [9.17, 15) is 42.7 Å². The number of ketones is 4. The molecule has 0 saturated carbocycles. The molecule has 4 amide bonds. The molecular formula is C96H97Cl3FN11O11. The SMILES string of the molecule is COc1cc(NC(=O)C(=O)c2c3c(n(Cc4ccc(Cl)cc4)c2C)CCC(C)(C)C3)ccn1.COc1cc(NC(=O)C(=O)c2c3c(n(Cc4ccc(Cl)cc4)c2C)CCCC3)ccn1.COc1cc(NC(=O)C(=O)c2cc(C)n(Cc3ccc(F)cc3)c2C)ccn1.Cc1cccc(NC(=O)C(=O)c2c3c(n(Cc4ccc(Cl)cc4)c2C)CCCC3)c1. The number of benzene rings is 5. The number of Topliss-reactive ketones (excluding diaryl/α,β-unsaturated/α-hetero) is 4. The zero-order chi connectivity index (χ0) is 87.2. The molecule has 15 rings (SSSR count). The van der Waals surface area contributed by atoms with Crippen LogP contribution in [0.2, 0.25) is 15.1 Å². The number of pyridine rings is 3. The molecule has 22 nitrogen and oxygen atoms in total. The Labute approximate surface area is 723 Å². The van der Waals surface area contributed by atoms with Crippen LogP contribution < -0.4 is 35.5 Å². The summed E-state index contributed by atoms with van der Waals surface area (Å²) in [5.41, 5.74) is 19.8. The van der Waals surface area contributed by atoms with Crippen molar-refractivity contribution >= 4 is 104 Å². The highest BCUT2D eigenvalue weighted by Crippen LogP contribution is 2.41. The molecule has 3 aliphatic carbocycles. The number of hydrogen-bond donors (Lipinski definition) is 4. The maximum absolute atomic E-state index is 13.4. The summed E-state index contributed by atoms with van der Waals surface area (Å²) >= 11 is 18.1. The van der Waals surface area contributed by atoms with E-state index in [4.69, 9.17) is 49.0 Å². The molecule has 0 fully saturated rings. The summed E-state index contributed by atoms with van der Waals surface area (Å²) < 4.78 is 36.8. The number of methoxy groups -OCH3 is 3. The summed E-state index contributed by atoms with van der Waals surface area (Å²) in [6.07, 6.45) is 14.9. The van der Waals surface area contributed by atoms with Crippen molar-refractivity contribution in [3.05, 3.63) is 316 Å². The van der Waals surface area contributed by atoms with Crippen molar-refractivity contribution in [1.82, 2.24) is 33.2 Å². The van der Waals surface area contributed by atoms with E-state index in [0.29, 0.717) is 110 Å². The Kier molecular flexibility index (Phi) is 28.9. The maximum Gasteiger partial charge on any atom is 0.296 e. The zero-order valence-electron chi connectivity index (χ0n) is 70.1. The van der Waals surface area contributed by atoms with Crippen molar-refractivity contribution in [3.63, 3.8) is 0 Å². The molecule has 0 unspecified atom stereocenters. The van der Waals surface area contributed by atoms with Gasteiger partial charge in [-0.25, -0.2) is 19.3 Å². The number of rotatable bonds is 23. The largest absolute Gasteiger partial charge is 0.481 e. The van der Waals surface area contributed by atoms with Crippen LogP contribution in [-0.2, 0) is 83.9 Å². The zero-order valence-corrected chi connectivity index (χ0v) is 72.3. The normalized spacial score (nSPS) is 12.8. The Balaban J connectivity index is 0.000000149. The lowest BCUT2D eigenvalue weighted by Crippen LogP contribution is -2.27. The van der Waals surface area contributed by atoms with Gasteiger partial charge in [0.15, 0.2) is 0 Å². The first-order chi connectivity index (χ1) is 58.5. The summed E-state index contributed by atoms with van der Waals surface area (Å²) in [5, 5.41) is 12.8. The lowest BCUT2D eigenvalue weighted by Gasteiger charge is -2.31. The van der Waals surface area contributed by atoms with Gasteiger partial charge < -0.3 is 53.7 Å². The molecule has 7 aromatic heterocycles. The number of nitrogens with zero attached hydrogens (tertiary/aromatic N) is 7. The molecule has 0 bridgehead atoms. The van der Waals surface area contributed by atoms with Gasteiger partial charge in [-0.2, -0.15) is 0 Å². The van der Waals surface area contributed by atoms with Crippen molar-refractivity contribution in [2.45, 2.75) is 152 Å².